The van der Waals surface area contributed by atoms with Crippen LogP contribution in [-0.4, -0.2) is 24.5 Å². The van der Waals surface area contributed by atoms with Crippen molar-refractivity contribution in [3.8, 4) is 0 Å². The van der Waals surface area contributed by atoms with Gasteiger partial charge in [0.25, 0.3) is 10.0 Å². The van der Waals surface area contributed by atoms with Crippen molar-refractivity contribution < 1.29 is 12.8 Å². The highest BCUT2D eigenvalue weighted by Crippen LogP contribution is 2.20. The number of H-pyrrole nitrogens is 1. The van der Waals surface area contributed by atoms with Crippen LogP contribution in [0, 0.1) is 18.2 Å². The van der Waals surface area contributed by atoms with Gasteiger partial charge in [-0.25, -0.2) is 12.8 Å². The minimum atomic E-state index is -3.93. The van der Waals surface area contributed by atoms with Crippen molar-refractivity contribution in [3.63, 3.8) is 0 Å². The summed E-state index contributed by atoms with van der Waals surface area (Å²) in [6.45, 7) is 1.48. The second-order valence-electron chi connectivity index (χ2n) is 4.09. The zero-order valence-electron chi connectivity index (χ0n) is 10.4. The molecule has 0 atom stereocenters. The summed E-state index contributed by atoms with van der Waals surface area (Å²) in [6.07, 6.45) is 1.23. The van der Waals surface area contributed by atoms with Crippen LogP contribution in [0.5, 0.6) is 0 Å². The first-order valence-corrected chi connectivity index (χ1v) is 6.96. The second kappa shape index (κ2) is 4.93. The summed E-state index contributed by atoms with van der Waals surface area (Å²) in [5.74, 6) is -0.860. The maximum atomic E-state index is 13.0. The molecule has 0 spiro atoms. The zero-order chi connectivity index (χ0) is 14.9. The fourth-order valence-electron chi connectivity index (χ4n) is 1.67. The summed E-state index contributed by atoms with van der Waals surface area (Å²) in [5.41, 5.74) is 5.70. The average molecular weight is 297 g/mol. The molecule has 1 heterocycles. The third-order valence-corrected chi connectivity index (χ3v) is 4.10. The Morgan fingerprint density at radius 2 is 2.20 bits per heavy atom. The number of nitrogen functional groups attached to an aromatic ring is 1. The van der Waals surface area contributed by atoms with Crippen LogP contribution in [0.25, 0.3) is 0 Å². The van der Waals surface area contributed by atoms with E-state index < -0.39 is 15.8 Å². The Labute approximate surface area is 114 Å². The van der Waals surface area contributed by atoms with E-state index in [1.807, 2.05) is 0 Å². The van der Waals surface area contributed by atoms with Gasteiger partial charge in [0, 0.05) is 0 Å². The zero-order valence-corrected chi connectivity index (χ0v) is 11.3. The number of rotatable bonds is 4. The van der Waals surface area contributed by atoms with Gasteiger partial charge in [-0.3, -0.25) is 15.2 Å². The van der Waals surface area contributed by atoms with Gasteiger partial charge in [-0.1, -0.05) is 0 Å². The number of anilines is 1. The number of aromatic amines is 1. The number of aryl methyl sites for hydroxylation is 1. The maximum Gasteiger partial charge on any atom is 0.263 e. The van der Waals surface area contributed by atoms with Crippen LogP contribution in [0.1, 0.15) is 11.1 Å². The largest absolute Gasteiger partial charge is 0.384 e. The molecule has 0 saturated heterocycles. The van der Waals surface area contributed by atoms with Crippen LogP contribution in [0.4, 0.5) is 10.2 Å². The minimum absolute atomic E-state index is 0.0128. The summed E-state index contributed by atoms with van der Waals surface area (Å²) in [6, 6.07) is 3.34. The Balaban J connectivity index is 2.41. The van der Waals surface area contributed by atoms with Crippen LogP contribution in [0.3, 0.4) is 0 Å². The number of halogens is 1. The molecule has 9 heteroatoms. The minimum Gasteiger partial charge on any atom is -0.384 e. The Kier molecular flexibility index (Phi) is 3.45. The number of benzene rings is 1. The van der Waals surface area contributed by atoms with Crippen molar-refractivity contribution in [1.82, 2.24) is 10.2 Å². The van der Waals surface area contributed by atoms with E-state index in [-0.39, 0.29) is 27.7 Å². The maximum absolute atomic E-state index is 13.0. The number of amidine groups is 1. The topological polar surface area (TPSA) is 125 Å². The van der Waals surface area contributed by atoms with Gasteiger partial charge in [0.15, 0.2) is 0 Å². The Morgan fingerprint density at radius 3 is 2.80 bits per heavy atom. The lowest BCUT2D eigenvalue weighted by Crippen LogP contribution is -2.18. The van der Waals surface area contributed by atoms with E-state index in [9.17, 15) is 12.8 Å². The van der Waals surface area contributed by atoms with E-state index in [0.29, 0.717) is 0 Å². The van der Waals surface area contributed by atoms with E-state index >= 15 is 0 Å². The lowest BCUT2D eigenvalue weighted by Gasteiger charge is -2.10. The van der Waals surface area contributed by atoms with Gasteiger partial charge >= 0.3 is 0 Å². The molecule has 0 fully saturated rings. The molecule has 0 amide bonds. The highest BCUT2D eigenvalue weighted by molar-refractivity contribution is 7.92. The lowest BCUT2D eigenvalue weighted by molar-refractivity contribution is 0.598. The van der Waals surface area contributed by atoms with Gasteiger partial charge in [0.1, 0.15) is 17.5 Å². The molecule has 1 aromatic carbocycles. The first-order chi connectivity index (χ1) is 9.31. The molecular formula is C11H12FN5O2S. The third kappa shape index (κ3) is 2.62. The molecule has 0 bridgehead atoms. The van der Waals surface area contributed by atoms with E-state index in [1.165, 1.54) is 13.1 Å². The molecule has 0 saturated carbocycles. The summed E-state index contributed by atoms with van der Waals surface area (Å²) in [4.78, 5) is -0.0667. The fraction of sp³-hybridized carbons (Fsp3) is 0.0909. The normalized spacial score (nSPS) is 11.3. The predicted octanol–water partition coefficient (Wildman–Crippen LogP) is 0.942. The molecule has 0 radical (unpaired) electrons. The molecule has 0 aliphatic rings. The van der Waals surface area contributed by atoms with E-state index in [2.05, 4.69) is 14.9 Å². The molecule has 1 aromatic heterocycles. The predicted molar refractivity (Wildman–Crippen MR) is 71.5 cm³/mol. The molecule has 20 heavy (non-hydrogen) atoms. The molecule has 106 valence electrons. The van der Waals surface area contributed by atoms with Gasteiger partial charge in [0.2, 0.25) is 0 Å². The first kappa shape index (κ1) is 14.0. The van der Waals surface area contributed by atoms with Crippen LogP contribution >= 0.6 is 0 Å². The van der Waals surface area contributed by atoms with Crippen LogP contribution < -0.4 is 10.5 Å². The molecule has 0 aliphatic heterocycles. The average Bonchev–Trinajstić information content (AvgIpc) is 2.75. The number of sulfonamides is 1. The Bertz CT molecular complexity index is 769. The smallest absolute Gasteiger partial charge is 0.263 e. The molecule has 0 aliphatic carbocycles. The summed E-state index contributed by atoms with van der Waals surface area (Å²) >= 11 is 0. The first-order valence-electron chi connectivity index (χ1n) is 5.48. The van der Waals surface area contributed by atoms with Crippen molar-refractivity contribution in [3.05, 3.63) is 41.3 Å². The second-order valence-corrected chi connectivity index (χ2v) is 5.74. The Morgan fingerprint density at radius 1 is 1.50 bits per heavy atom. The monoisotopic (exact) mass is 297 g/mol. The molecule has 2 aromatic rings. The summed E-state index contributed by atoms with van der Waals surface area (Å²) in [5, 5.41) is 13.3. The van der Waals surface area contributed by atoms with Gasteiger partial charge in [-0.2, -0.15) is 5.10 Å². The van der Waals surface area contributed by atoms with Gasteiger partial charge in [-0.05, 0) is 30.7 Å². The van der Waals surface area contributed by atoms with E-state index in [4.69, 9.17) is 11.1 Å². The van der Waals surface area contributed by atoms with E-state index in [0.717, 1.165) is 18.2 Å². The lowest BCUT2D eigenvalue weighted by atomic mass is 10.2. The molecule has 0 unspecified atom stereocenters. The van der Waals surface area contributed by atoms with Gasteiger partial charge < -0.3 is 5.73 Å². The number of nitrogens with two attached hydrogens (primary N) is 1. The molecule has 2 rings (SSSR count). The van der Waals surface area contributed by atoms with E-state index in [1.54, 1.807) is 0 Å². The van der Waals surface area contributed by atoms with Crippen LogP contribution in [0.15, 0.2) is 29.3 Å². The highest BCUT2D eigenvalue weighted by atomic mass is 32.2. The van der Waals surface area contributed by atoms with Gasteiger partial charge in [0.05, 0.1) is 16.7 Å². The molecule has 5 N–H and O–H groups in total. The number of hydrogen-bond acceptors (Lipinski definition) is 4. The van der Waals surface area contributed by atoms with Crippen molar-refractivity contribution >= 4 is 21.7 Å². The van der Waals surface area contributed by atoms with Crippen molar-refractivity contribution in [2.45, 2.75) is 11.8 Å². The van der Waals surface area contributed by atoms with Crippen molar-refractivity contribution in [1.29, 1.82) is 5.41 Å². The SMILES string of the molecule is Cc1cc(F)ccc1S(=O)(=O)Nc1[nH]ncc1C(=N)N. The number of nitrogens with zero attached hydrogens (tertiary/aromatic N) is 1. The standard InChI is InChI=1S/C11H12FN5O2S/c1-6-4-7(12)2-3-9(6)20(18,19)17-11-8(10(13)14)5-15-16-11/h2-5H,1H3,(H3,13,14)(H2,15,16,17). The van der Waals surface area contributed by atoms with Crippen LogP contribution in [0.2, 0.25) is 0 Å². The molecular weight excluding hydrogens is 285 g/mol. The highest BCUT2D eigenvalue weighted by Gasteiger charge is 2.20. The molecule has 7 nitrogen and oxygen atoms in total. The number of aromatic nitrogens is 2. The quantitative estimate of drug-likeness (QED) is 0.495. The fourth-order valence-corrected chi connectivity index (χ4v) is 2.94. The summed E-state index contributed by atoms with van der Waals surface area (Å²) in [7, 11) is -3.93. The van der Waals surface area contributed by atoms with Gasteiger partial charge in [-0.15, -0.1) is 0 Å². The van der Waals surface area contributed by atoms with Crippen molar-refractivity contribution in [2.24, 2.45) is 5.73 Å². The number of nitrogens with one attached hydrogen (secondary N) is 3. The number of hydrogen-bond donors (Lipinski definition) is 4. The van der Waals surface area contributed by atoms with Crippen molar-refractivity contribution in [2.75, 3.05) is 4.72 Å². The van der Waals surface area contributed by atoms with Crippen LogP contribution in [-0.2, 0) is 10.0 Å². The third-order valence-electron chi connectivity index (χ3n) is 2.59. The Hall–Kier alpha value is -2.42. The summed E-state index contributed by atoms with van der Waals surface area (Å²) < 4.78 is 39.7.